The molecule has 0 saturated carbocycles. The zero-order valence-corrected chi connectivity index (χ0v) is 9.88. The molecule has 0 unspecified atom stereocenters. The fourth-order valence-corrected chi connectivity index (χ4v) is 1.55. The molecule has 2 nitrogen and oxygen atoms in total. The van der Waals surface area contributed by atoms with Crippen molar-refractivity contribution in [1.82, 2.24) is 0 Å². The molecule has 13 heavy (non-hydrogen) atoms. The van der Waals surface area contributed by atoms with Crippen LogP contribution in [0.3, 0.4) is 0 Å². The van der Waals surface area contributed by atoms with Gasteiger partial charge in [0, 0.05) is 4.47 Å². The molecule has 0 aliphatic heterocycles. The maximum absolute atomic E-state index is 10.5. The molecular weight excluding hydrogens is 300 g/mol. The van der Waals surface area contributed by atoms with Gasteiger partial charge in [-0.25, -0.2) is 0 Å². The molecule has 4 heteroatoms. The van der Waals surface area contributed by atoms with Crippen LogP contribution in [0, 0.1) is 0 Å². The van der Waals surface area contributed by atoms with Crippen molar-refractivity contribution in [2.45, 2.75) is 11.2 Å². The Balaban J connectivity index is 2.64. The van der Waals surface area contributed by atoms with Crippen molar-refractivity contribution in [3.05, 3.63) is 34.3 Å². The van der Waals surface area contributed by atoms with Gasteiger partial charge in [0.15, 0.2) is 0 Å². The van der Waals surface area contributed by atoms with Gasteiger partial charge in [-0.2, -0.15) is 0 Å². The molecule has 0 aliphatic rings. The third kappa shape index (κ3) is 3.48. The molecule has 1 rings (SSSR count). The highest BCUT2D eigenvalue weighted by atomic mass is 79.9. The van der Waals surface area contributed by atoms with E-state index in [4.69, 9.17) is 5.11 Å². The molecule has 0 fully saturated rings. The summed E-state index contributed by atoms with van der Waals surface area (Å²) in [5, 5.41) is 8.64. The summed E-state index contributed by atoms with van der Waals surface area (Å²) in [7, 11) is 0. The van der Waals surface area contributed by atoms with Crippen molar-refractivity contribution in [3.8, 4) is 0 Å². The number of rotatable bonds is 3. The van der Waals surface area contributed by atoms with Crippen molar-refractivity contribution in [1.29, 1.82) is 0 Å². The first-order valence-corrected chi connectivity index (χ1v) is 5.42. The van der Waals surface area contributed by atoms with E-state index in [1.54, 1.807) is 0 Å². The molecule has 0 bridgehead atoms. The molecular formula is C9H8Br2O2. The average Bonchev–Trinajstić information content (AvgIpc) is 2.08. The molecule has 0 radical (unpaired) electrons. The number of carboxylic acids is 1. The van der Waals surface area contributed by atoms with Crippen LogP contribution in [0.4, 0.5) is 0 Å². The van der Waals surface area contributed by atoms with Crippen molar-refractivity contribution in [2.24, 2.45) is 0 Å². The first-order valence-electron chi connectivity index (χ1n) is 3.71. The Morgan fingerprint density at radius 3 is 2.38 bits per heavy atom. The second-order valence-corrected chi connectivity index (χ2v) is 4.66. The van der Waals surface area contributed by atoms with Crippen LogP contribution in [0.15, 0.2) is 28.7 Å². The fraction of sp³-hybridized carbons (Fsp3) is 0.222. The quantitative estimate of drug-likeness (QED) is 0.872. The summed E-state index contributed by atoms with van der Waals surface area (Å²) in [6, 6.07) is 7.61. The van der Waals surface area contributed by atoms with Gasteiger partial charge in [-0.3, -0.25) is 4.79 Å². The van der Waals surface area contributed by atoms with E-state index in [9.17, 15) is 4.79 Å². The summed E-state index contributed by atoms with van der Waals surface area (Å²) in [5.74, 6) is -0.831. The number of carbonyl (C=O) groups is 1. The molecule has 0 spiro atoms. The van der Waals surface area contributed by atoms with Crippen LogP contribution >= 0.6 is 31.9 Å². The zero-order chi connectivity index (χ0) is 9.84. The van der Waals surface area contributed by atoms with Gasteiger partial charge in [0.25, 0.3) is 0 Å². The second kappa shape index (κ2) is 4.77. The largest absolute Gasteiger partial charge is 0.480 e. The molecule has 70 valence electrons. The first-order chi connectivity index (χ1) is 6.09. The van der Waals surface area contributed by atoms with E-state index in [1.807, 2.05) is 24.3 Å². The molecule has 1 aromatic carbocycles. The van der Waals surface area contributed by atoms with Crippen LogP contribution in [0.1, 0.15) is 5.56 Å². The van der Waals surface area contributed by atoms with Gasteiger partial charge in [0.2, 0.25) is 0 Å². The number of aliphatic carboxylic acids is 1. The van der Waals surface area contributed by atoms with Crippen molar-refractivity contribution in [2.75, 3.05) is 0 Å². The Labute approximate surface area is 93.2 Å². The lowest BCUT2D eigenvalue weighted by Crippen LogP contribution is -2.15. The summed E-state index contributed by atoms with van der Waals surface area (Å²) in [6.45, 7) is 0. The van der Waals surface area contributed by atoms with Gasteiger partial charge >= 0.3 is 5.97 Å². The van der Waals surface area contributed by atoms with E-state index < -0.39 is 10.8 Å². The summed E-state index contributed by atoms with van der Waals surface area (Å²) < 4.78 is 0.998. The zero-order valence-electron chi connectivity index (χ0n) is 6.71. The van der Waals surface area contributed by atoms with Crippen LogP contribution in [0.5, 0.6) is 0 Å². The molecule has 0 heterocycles. The van der Waals surface area contributed by atoms with Crippen LogP contribution in [0.2, 0.25) is 0 Å². The topological polar surface area (TPSA) is 37.3 Å². The summed E-state index contributed by atoms with van der Waals surface area (Å²) in [6.07, 6.45) is 0.503. The van der Waals surface area contributed by atoms with Crippen molar-refractivity contribution in [3.63, 3.8) is 0 Å². The smallest absolute Gasteiger partial charge is 0.317 e. The molecule has 1 N–H and O–H groups in total. The predicted molar refractivity (Wildman–Crippen MR) is 58.2 cm³/mol. The number of hydrogen-bond acceptors (Lipinski definition) is 1. The monoisotopic (exact) mass is 306 g/mol. The molecule has 0 aliphatic carbocycles. The maximum atomic E-state index is 10.5. The second-order valence-electron chi connectivity index (χ2n) is 2.64. The highest BCUT2D eigenvalue weighted by molar-refractivity contribution is 9.10. The molecule has 1 aromatic rings. The number of alkyl halides is 1. The summed E-state index contributed by atoms with van der Waals surface area (Å²) in [4.78, 5) is 10.0. The van der Waals surface area contributed by atoms with Crippen LogP contribution in [0.25, 0.3) is 0 Å². The van der Waals surface area contributed by atoms with E-state index in [-0.39, 0.29) is 0 Å². The number of carboxylic acid groups (broad SMARTS) is 1. The minimum Gasteiger partial charge on any atom is -0.480 e. The SMILES string of the molecule is O=C(O)[C@@H](Br)Cc1ccc(Br)cc1. The van der Waals surface area contributed by atoms with Crippen molar-refractivity contribution < 1.29 is 9.90 Å². The third-order valence-electron chi connectivity index (χ3n) is 1.60. The highest BCUT2D eigenvalue weighted by Gasteiger charge is 2.12. The highest BCUT2D eigenvalue weighted by Crippen LogP contribution is 2.14. The van der Waals surface area contributed by atoms with Gasteiger partial charge < -0.3 is 5.11 Å². The molecule has 0 saturated heterocycles. The minimum atomic E-state index is -0.831. The van der Waals surface area contributed by atoms with Gasteiger partial charge in [-0.15, -0.1) is 0 Å². The summed E-state index contributed by atoms with van der Waals surface area (Å²) >= 11 is 6.40. The van der Waals surface area contributed by atoms with Crippen molar-refractivity contribution >= 4 is 37.8 Å². The van der Waals surface area contributed by atoms with Crippen LogP contribution in [-0.2, 0) is 11.2 Å². The van der Waals surface area contributed by atoms with Crippen LogP contribution < -0.4 is 0 Å². The average molecular weight is 308 g/mol. The van der Waals surface area contributed by atoms with E-state index in [2.05, 4.69) is 31.9 Å². The standard InChI is InChI=1S/C9H8Br2O2/c10-7-3-1-6(2-4-7)5-8(11)9(12)13/h1-4,8H,5H2,(H,12,13)/t8-/m0/s1. The molecule has 1 atom stereocenters. The lowest BCUT2D eigenvalue weighted by atomic mass is 10.1. The van der Waals surface area contributed by atoms with Crippen LogP contribution in [-0.4, -0.2) is 15.9 Å². The van der Waals surface area contributed by atoms with E-state index in [0.717, 1.165) is 10.0 Å². The van der Waals surface area contributed by atoms with Gasteiger partial charge in [-0.05, 0) is 24.1 Å². The Kier molecular flexibility index (Phi) is 3.93. The summed E-state index contributed by atoms with van der Waals surface area (Å²) in [5.41, 5.74) is 1.01. The Hall–Kier alpha value is -0.350. The number of benzene rings is 1. The first kappa shape index (κ1) is 10.7. The maximum Gasteiger partial charge on any atom is 0.317 e. The third-order valence-corrected chi connectivity index (χ3v) is 2.84. The predicted octanol–water partition coefficient (Wildman–Crippen LogP) is 2.84. The van der Waals surface area contributed by atoms with Gasteiger partial charge in [-0.1, -0.05) is 44.0 Å². The Bertz CT molecular complexity index is 295. The van der Waals surface area contributed by atoms with E-state index >= 15 is 0 Å². The van der Waals surface area contributed by atoms with E-state index in [1.165, 1.54) is 0 Å². The molecule has 0 amide bonds. The van der Waals surface area contributed by atoms with Gasteiger partial charge in [0.05, 0.1) is 0 Å². The number of halogens is 2. The van der Waals surface area contributed by atoms with E-state index in [0.29, 0.717) is 6.42 Å². The lowest BCUT2D eigenvalue weighted by Gasteiger charge is -2.04. The number of hydrogen-bond donors (Lipinski definition) is 1. The fourth-order valence-electron chi connectivity index (χ4n) is 0.915. The van der Waals surface area contributed by atoms with Gasteiger partial charge in [0.1, 0.15) is 4.83 Å². The molecule has 0 aromatic heterocycles. The minimum absolute atomic E-state index is 0.503. The Morgan fingerprint density at radius 2 is 1.92 bits per heavy atom. The lowest BCUT2D eigenvalue weighted by molar-refractivity contribution is -0.136. The Morgan fingerprint density at radius 1 is 1.38 bits per heavy atom. The normalized spacial score (nSPS) is 12.5.